The van der Waals surface area contributed by atoms with Gasteiger partial charge in [-0.15, -0.1) is 0 Å². The van der Waals surface area contributed by atoms with E-state index < -0.39 is 6.10 Å². The first kappa shape index (κ1) is 20.1. The molecule has 32 heavy (non-hydrogen) atoms. The van der Waals surface area contributed by atoms with Crippen LogP contribution < -0.4 is 10.1 Å². The van der Waals surface area contributed by atoms with E-state index in [9.17, 15) is 4.79 Å². The molecule has 0 radical (unpaired) electrons. The molecule has 5 rings (SSSR count). The minimum atomic E-state index is -0.575. The van der Waals surface area contributed by atoms with Crippen molar-refractivity contribution < 1.29 is 9.53 Å². The Morgan fingerprint density at radius 2 is 1.56 bits per heavy atom. The standard InChI is InChI=1S/C28H26N2O2/c1-3-26(32-27-15-9-11-19-10-5-6-12-21(19)27)28(31)29-20-16-17-25-23(18-20)22-13-7-8-14-24(22)30(25)4-2/h5-18,26H,3-4H2,1-2H3,(H,29,31). The van der Waals surface area contributed by atoms with Gasteiger partial charge < -0.3 is 14.6 Å². The van der Waals surface area contributed by atoms with Crippen molar-refractivity contribution in [2.24, 2.45) is 0 Å². The molecule has 1 heterocycles. The minimum absolute atomic E-state index is 0.140. The fraction of sp³-hybridized carbons (Fsp3) is 0.179. The van der Waals surface area contributed by atoms with Crippen LogP contribution in [0.15, 0.2) is 84.9 Å². The first-order chi connectivity index (χ1) is 15.7. The quantitative estimate of drug-likeness (QED) is 0.328. The van der Waals surface area contributed by atoms with Gasteiger partial charge in [0.05, 0.1) is 0 Å². The van der Waals surface area contributed by atoms with Gasteiger partial charge >= 0.3 is 0 Å². The second-order valence-corrected chi connectivity index (χ2v) is 7.97. The number of carbonyl (C=O) groups is 1. The lowest BCUT2D eigenvalue weighted by molar-refractivity contribution is -0.122. The zero-order valence-corrected chi connectivity index (χ0v) is 18.3. The molecule has 4 aromatic carbocycles. The second-order valence-electron chi connectivity index (χ2n) is 7.97. The summed E-state index contributed by atoms with van der Waals surface area (Å²) in [6.45, 7) is 5.01. The summed E-state index contributed by atoms with van der Waals surface area (Å²) in [5, 5.41) is 7.51. The Balaban J connectivity index is 1.43. The molecule has 0 fully saturated rings. The SMILES string of the molecule is CCC(Oc1cccc2ccccc12)C(=O)Nc1ccc2c(c1)c1ccccc1n2CC. The van der Waals surface area contributed by atoms with Crippen molar-refractivity contribution in [3.05, 3.63) is 84.9 Å². The smallest absolute Gasteiger partial charge is 0.265 e. The average Bonchev–Trinajstić information content (AvgIpc) is 3.15. The fourth-order valence-electron chi connectivity index (χ4n) is 4.47. The third-order valence-electron chi connectivity index (χ3n) is 6.04. The highest BCUT2D eigenvalue weighted by Gasteiger charge is 2.20. The van der Waals surface area contributed by atoms with E-state index >= 15 is 0 Å². The molecule has 0 aliphatic rings. The fourth-order valence-corrected chi connectivity index (χ4v) is 4.47. The predicted molar refractivity (Wildman–Crippen MR) is 132 cm³/mol. The lowest BCUT2D eigenvalue weighted by Crippen LogP contribution is -2.32. The molecule has 1 unspecified atom stereocenters. The number of aryl methyl sites for hydroxylation is 1. The van der Waals surface area contributed by atoms with Gasteiger partial charge in [0.15, 0.2) is 6.10 Å². The number of aromatic nitrogens is 1. The Morgan fingerprint density at radius 3 is 2.38 bits per heavy atom. The summed E-state index contributed by atoms with van der Waals surface area (Å²) in [4.78, 5) is 13.1. The number of carbonyl (C=O) groups excluding carboxylic acids is 1. The highest BCUT2D eigenvalue weighted by Crippen LogP contribution is 2.31. The average molecular weight is 423 g/mol. The molecule has 0 spiro atoms. The number of nitrogens with one attached hydrogen (secondary N) is 1. The molecule has 1 aromatic heterocycles. The van der Waals surface area contributed by atoms with Crippen molar-refractivity contribution in [2.75, 3.05) is 5.32 Å². The molecule has 4 nitrogen and oxygen atoms in total. The van der Waals surface area contributed by atoms with Gasteiger partial charge in [0.1, 0.15) is 5.75 Å². The molecule has 160 valence electrons. The Kier molecular flexibility index (Phi) is 5.28. The molecular formula is C28H26N2O2. The van der Waals surface area contributed by atoms with Gasteiger partial charge in [-0.2, -0.15) is 0 Å². The van der Waals surface area contributed by atoms with Gasteiger partial charge in [0.2, 0.25) is 0 Å². The number of hydrogen-bond donors (Lipinski definition) is 1. The number of nitrogens with zero attached hydrogens (tertiary/aromatic N) is 1. The molecular weight excluding hydrogens is 396 g/mol. The lowest BCUT2D eigenvalue weighted by Gasteiger charge is -2.18. The van der Waals surface area contributed by atoms with Crippen LogP contribution in [-0.2, 0) is 11.3 Å². The first-order valence-electron chi connectivity index (χ1n) is 11.2. The van der Waals surface area contributed by atoms with Crippen molar-refractivity contribution >= 4 is 44.2 Å². The molecule has 0 aliphatic heterocycles. The van der Waals surface area contributed by atoms with E-state index in [0.29, 0.717) is 6.42 Å². The van der Waals surface area contributed by atoms with Gasteiger partial charge in [-0.25, -0.2) is 0 Å². The molecule has 1 N–H and O–H groups in total. The predicted octanol–water partition coefficient (Wildman–Crippen LogP) is 6.76. The van der Waals surface area contributed by atoms with Crippen LogP contribution in [-0.4, -0.2) is 16.6 Å². The Bertz CT molecular complexity index is 1430. The highest BCUT2D eigenvalue weighted by molar-refractivity contribution is 6.10. The number of rotatable bonds is 6. The van der Waals surface area contributed by atoms with E-state index in [-0.39, 0.29) is 5.91 Å². The summed E-state index contributed by atoms with van der Waals surface area (Å²) >= 11 is 0. The maximum Gasteiger partial charge on any atom is 0.265 e. The van der Waals surface area contributed by atoms with Crippen molar-refractivity contribution in [3.63, 3.8) is 0 Å². The highest BCUT2D eigenvalue weighted by atomic mass is 16.5. The summed E-state index contributed by atoms with van der Waals surface area (Å²) in [6.07, 6.45) is 0.000360. The van der Waals surface area contributed by atoms with Gasteiger partial charge in [0, 0.05) is 39.4 Å². The zero-order valence-electron chi connectivity index (χ0n) is 18.3. The van der Waals surface area contributed by atoms with Crippen LogP contribution in [0.2, 0.25) is 0 Å². The number of anilines is 1. The Hall–Kier alpha value is -3.79. The third kappa shape index (κ3) is 3.48. The van der Waals surface area contributed by atoms with E-state index in [2.05, 4.69) is 53.2 Å². The van der Waals surface area contributed by atoms with Crippen LogP contribution in [0.5, 0.6) is 5.75 Å². The second kappa shape index (κ2) is 8.39. The molecule has 0 bridgehead atoms. The number of fused-ring (bicyclic) bond motifs is 4. The van der Waals surface area contributed by atoms with E-state index in [1.54, 1.807) is 0 Å². The summed E-state index contributed by atoms with van der Waals surface area (Å²) in [5.41, 5.74) is 3.16. The van der Waals surface area contributed by atoms with Crippen LogP contribution >= 0.6 is 0 Å². The lowest BCUT2D eigenvalue weighted by atomic mass is 10.1. The topological polar surface area (TPSA) is 43.3 Å². The number of amides is 1. The number of para-hydroxylation sites is 1. The van der Waals surface area contributed by atoms with E-state index in [1.165, 1.54) is 16.4 Å². The van der Waals surface area contributed by atoms with Crippen LogP contribution in [0.4, 0.5) is 5.69 Å². The number of hydrogen-bond acceptors (Lipinski definition) is 2. The number of benzene rings is 4. The maximum atomic E-state index is 13.1. The van der Waals surface area contributed by atoms with Crippen LogP contribution in [0.3, 0.4) is 0 Å². The minimum Gasteiger partial charge on any atom is -0.480 e. The van der Waals surface area contributed by atoms with Gasteiger partial charge in [-0.3, -0.25) is 4.79 Å². The summed E-state index contributed by atoms with van der Waals surface area (Å²) in [7, 11) is 0. The molecule has 5 aromatic rings. The van der Waals surface area contributed by atoms with Gasteiger partial charge in [-0.05, 0) is 49.1 Å². The number of ether oxygens (including phenoxy) is 1. The molecule has 1 atom stereocenters. The van der Waals surface area contributed by atoms with Crippen molar-refractivity contribution in [2.45, 2.75) is 32.9 Å². The summed E-state index contributed by atoms with van der Waals surface area (Å²) < 4.78 is 8.47. The van der Waals surface area contributed by atoms with E-state index in [1.807, 2.05) is 55.5 Å². The maximum absolute atomic E-state index is 13.1. The van der Waals surface area contributed by atoms with E-state index in [4.69, 9.17) is 4.74 Å². The zero-order chi connectivity index (χ0) is 22.1. The van der Waals surface area contributed by atoms with Crippen molar-refractivity contribution in [3.8, 4) is 5.75 Å². The largest absolute Gasteiger partial charge is 0.480 e. The molecule has 1 amide bonds. The van der Waals surface area contributed by atoms with Crippen molar-refractivity contribution in [1.82, 2.24) is 4.57 Å². The van der Waals surface area contributed by atoms with Crippen LogP contribution in [0, 0.1) is 0 Å². The monoisotopic (exact) mass is 422 g/mol. The van der Waals surface area contributed by atoms with Crippen LogP contribution in [0.25, 0.3) is 32.6 Å². The van der Waals surface area contributed by atoms with Crippen LogP contribution in [0.1, 0.15) is 20.3 Å². The Morgan fingerprint density at radius 1 is 0.844 bits per heavy atom. The normalized spacial score (nSPS) is 12.3. The molecule has 4 heteroatoms. The third-order valence-corrected chi connectivity index (χ3v) is 6.04. The molecule has 0 saturated heterocycles. The van der Waals surface area contributed by atoms with Gasteiger partial charge in [0.25, 0.3) is 5.91 Å². The first-order valence-corrected chi connectivity index (χ1v) is 11.2. The Labute approximate surface area is 187 Å². The summed E-state index contributed by atoms with van der Waals surface area (Å²) in [6, 6.07) is 28.5. The molecule has 0 saturated carbocycles. The van der Waals surface area contributed by atoms with Crippen molar-refractivity contribution in [1.29, 1.82) is 0 Å². The van der Waals surface area contributed by atoms with Gasteiger partial charge in [-0.1, -0.05) is 61.5 Å². The summed E-state index contributed by atoms with van der Waals surface area (Å²) in [5.74, 6) is 0.589. The molecule has 0 aliphatic carbocycles. The van der Waals surface area contributed by atoms with E-state index in [0.717, 1.165) is 34.1 Å².